The minimum atomic E-state index is 0.705. The average Bonchev–Trinajstić information content (AvgIpc) is 2.89. The Morgan fingerprint density at radius 3 is 2.82 bits per heavy atom. The fraction of sp³-hybridized carbons (Fsp3) is 0.545. The molecule has 1 N–H and O–H groups in total. The van der Waals surface area contributed by atoms with Crippen LogP contribution in [-0.4, -0.2) is 30.9 Å². The van der Waals surface area contributed by atoms with Gasteiger partial charge in [0.2, 0.25) is 0 Å². The molecule has 0 aliphatic rings. The maximum Gasteiger partial charge on any atom is 0.152 e. The lowest BCUT2D eigenvalue weighted by Crippen LogP contribution is -2.11. The molecule has 0 amide bonds. The summed E-state index contributed by atoms with van der Waals surface area (Å²) in [6.45, 7) is 6.49. The molecule has 0 saturated heterocycles. The Bertz CT molecular complexity index is 484. The predicted molar refractivity (Wildman–Crippen MR) is 64.4 cm³/mol. The van der Waals surface area contributed by atoms with Crippen molar-refractivity contribution in [3.8, 4) is 0 Å². The van der Waals surface area contributed by atoms with Crippen LogP contribution in [0.4, 0.5) is 0 Å². The van der Waals surface area contributed by atoms with Crippen LogP contribution in [0, 0.1) is 6.92 Å². The van der Waals surface area contributed by atoms with Gasteiger partial charge in [-0.3, -0.25) is 0 Å². The third-order valence-corrected chi connectivity index (χ3v) is 2.75. The van der Waals surface area contributed by atoms with E-state index >= 15 is 0 Å². The maximum absolute atomic E-state index is 4.33. The van der Waals surface area contributed by atoms with E-state index in [1.165, 1.54) is 0 Å². The number of nitrogens with zero attached hydrogens (tertiary/aromatic N) is 5. The molecule has 17 heavy (non-hydrogen) atoms. The second kappa shape index (κ2) is 5.09. The lowest BCUT2D eigenvalue weighted by molar-refractivity contribution is 0.686. The van der Waals surface area contributed by atoms with E-state index in [1.54, 1.807) is 0 Å². The first-order valence-corrected chi connectivity index (χ1v) is 5.77. The molecule has 0 unspecified atom stereocenters. The van der Waals surface area contributed by atoms with E-state index in [4.69, 9.17) is 0 Å². The molecule has 0 spiro atoms. The normalized spacial score (nSPS) is 11.0. The van der Waals surface area contributed by atoms with Gasteiger partial charge in [-0.25, -0.2) is 4.98 Å². The molecular weight excluding hydrogens is 216 g/mol. The lowest BCUT2D eigenvalue weighted by atomic mass is 10.4. The number of hydrogen-bond acceptors (Lipinski definition) is 4. The number of aromatic nitrogens is 5. The van der Waals surface area contributed by atoms with Gasteiger partial charge in [0.05, 0.1) is 18.6 Å². The van der Waals surface area contributed by atoms with Crippen LogP contribution < -0.4 is 5.32 Å². The molecular formula is C11H18N6. The third-order valence-electron chi connectivity index (χ3n) is 2.75. The summed E-state index contributed by atoms with van der Waals surface area (Å²) in [5.74, 6) is 1.86. The summed E-state index contributed by atoms with van der Waals surface area (Å²) in [5.41, 5.74) is 1.05. The Morgan fingerprint density at radius 1 is 1.35 bits per heavy atom. The van der Waals surface area contributed by atoms with Gasteiger partial charge in [0.15, 0.2) is 5.82 Å². The van der Waals surface area contributed by atoms with Gasteiger partial charge in [0.1, 0.15) is 5.82 Å². The van der Waals surface area contributed by atoms with Gasteiger partial charge < -0.3 is 14.5 Å². The molecule has 6 nitrogen and oxygen atoms in total. The summed E-state index contributed by atoms with van der Waals surface area (Å²) in [6, 6.07) is 0. The molecule has 0 aliphatic carbocycles. The van der Waals surface area contributed by atoms with Crippen LogP contribution in [0.15, 0.2) is 12.5 Å². The standard InChI is InChI=1S/C11H18N6/c1-4-12-5-10-6-17(8-13-10)7-11-15-14-9(2)16(11)3/h6,8,12H,4-5,7H2,1-3H3. The summed E-state index contributed by atoms with van der Waals surface area (Å²) in [6.07, 6.45) is 3.86. The molecule has 2 aromatic rings. The third kappa shape index (κ3) is 2.71. The van der Waals surface area contributed by atoms with Crippen molar-refractivity contribution in [1.29, 1.82) is 0 Å². The second-order valence-corrected chi connectivity index (χ2v) is 4.04. The van der Waals surface area contributed by atoms with E-state index < -0.39 is 0 Å². The largest absolute Gasteiger partial charge is 0.329 e. The highest BCUT2D eigenvalue weighted by Gasteiger charge is 2.06. The van der Waals surface area contributed by atoms with Gasteiger partial charge in [-0.15, -0.1) is 10.2 Å². The van der Waals surface area contributed by atoms with Crippen LogP contribution in [0.2, 0.25) is 0 Å². The van der Waals surface area contributed by atoms with Crippen LogP contribution in [0.1, 0.15) is 24.3 Å². The van der Waals surface area contributed by atoms with Crippen LogP contribution in [-0.2, 0) is 20.1 Å². The minimum absolute atomic E-state index is 0.705. The smallest absolute Gasteiger partial charge is 0.152 e. The van der Waals surface area contributed by atoms with E-state index in [0.717, 1.165) is 30.4 Å². The number of aryl methyl sites for hydroxylation is 1. The van der Waals surface area contributed by atoms with Gasteiger partial charge in [0, 0.05) is 19.8 Å². The van der Waals surface area contributed by atoms with Crippen molar-refractivity contribution < 1.29 is 0 Å². The lowest BCUT2D eigenvalue weighted by Gasteiger charge is -2.02. The zero-order valence-electron chi connectivity index (χ0n) is 10.5. The fourth-order valence-electron chi connectivity index (χ4n) is 1.59. The van der Waals surface area contributed by atoms with Crippen molar-refractivity contribution in [2.24, 2.45) is 7.05 Å². The molecule has 0 saturated carbocycles. The highest BCUT2D eigenvalue weighted by molar-refractivity contribution is 5.00. The molecule has 92 valence electrons. The van der Waals surface area contributed by atoms with Crippen LogP contribution >= 0.6 is 0 Å². The van der Waals surface area contributed by atoms with Crippen LogP contribution in [0.5, 0.6) is 0 Å². The average molecular weight is 234 g/mol. The van der Waals surface area contributed by atoms with Crippen LogP contribution in [0.25, 0.3) is 0 Å². The summed E-state index contributed by atoms with van der Waals surface area (Å²) >= 11 is 0. The molecule has 2 rings (SSSR count). The molecule has 0 aromatic carbocycles. The maximum atomic E-state index is 4.33. The monoisotopic (exact) mass is 234 g/mol. The van der Waals surface area contributed by atoms with E-state index in [2.05, 4.69) is 27.4 Å². The van der Waals surface area contributed by atoms with Gasteiger partial charge in [-0.05, 0) is 13.5 Å². The minimum Gasteiger partial charge on any atom is -0.329 e. The van der Waals surface area contributed by atoms with Crippen molar-refractivity contribution >= 4 is 0 Å². The second-order valence-electron chi connectivity index (χ2n) is 4.04. The highest BCUT2D eigenvalue weighted by atomic mass is 15.3. The van der Waals surface area contributed by atoms with Crippen molar-refractivity contribution in [1.82, 2.24) is 29.6 Å². The molecule has 0 atom stereocenters. The van der Waals surface area contributed by atoms with Gasteiger partial charge in [-0.1, -0.05) is 6.92 Å². The predicted octanol–water partition coefficient (Wildman–Crippen LogP) is 0.478. The SMILES string of the molecule is CCNCc1cn(Cc2nnc(C)n2C)cn1. The summed E-state index contributed by atoms with van der Waals surface area (Å²) in [7, 11) is 1.97. The Labute approximate surface area is 101 Å². The van der Waals surface area contributed by atoms with Gasteiger partial charge in [-0.2, -0.15) is 0 Å². The topological polar surface area (TPSA) is 60.6 Å². The number of rotatable bonds is 5. The molecule has 2 aromatic heterocycles. The first-order chi connectivity index (χ1) is 8.20. The highest BCUT2D eigenvalue weighted by Crippen LogP contribution is 2.02. The first-order valence-electron chi connectivity index (χ1n) is 5.77. The Kier molecular flexibility index (Phi) is 3.53. The Hall–Kier alpha value is -1.69. The summed E-state index contributed by atoms with van der Waals surface area (Å²) < 4.78 is 4.01. The fourth-order valence-corrected chi connectivity index (χ4v) is 1.59. The first kappa shape index (κ1) is 11.8. The van der Waals surface area contributed by atoms with E-state index in [1.807, 2.05) is 35.6 Å². The number of hydrogen-bond donors (Lipinski definition) is 1. The molecule has 0 radical (unpaired) electrons. The zero-order valence-corrected chi connectivity index (χ0v) is 10.5. The van der Waals surface area contributed by atoms with Crippen molar-refractivity contribution in [3.63, 3.8) is 0 Å². The number of imidazole rings is 1. The van der Waals surface area contributed by atoms with Crippen molar-refractivity contribution in [2.45, 2.75) is 26.9 Å². The molecule has 0 aliphatic heterocycles. The molecule has 0 bridgehead atoms. The van der Waals surface area contributed by atoms with E-state index in [0.29, 0.717) is 6.54 Å². The molecule has 2 heterocycles. The van der Waals surface area contributed by atoms with Crippen molar-refractivity contribution in [3.05, 3.63) is 29.9 Å². The summed E-state index contributed by atoms with van der Waals surface area (Å²) in [5, 5.41) is 11.4. The zero-order chi connectivity index (χ0) is 12.3. The number of nitrogens with one attached hydrogen (secondary N) is 1. The molecule has 0 fully saturated rings. The van der Waals surface area contributed by atoms with Gasteiger partial charge in [0.25, 0.3) is 0 Å². The Morgan fingerprint density at radius 2 is 2.18 bits per heavy atom. The van der Waals surface area contributed by atoms with E-state index in [9.17, 15) is 0 Å². The van der Waals surface area contributed by atoms with Gasteiger partial charge >= 0.3 is 0 Å². The van der Waals surface area contributed by atoms with Crippen molar-refractivity contribution in [2.75, 3.05) is 6.54 Å². The van der Waals surface area contributed by atoms with Crippen LogP contribution in [0.3, 0.4) is 0 Å². The quantitative estimate of drug-likeness (QED) is 0.817. The van der Waals surface area contributed by atoms with E-state index in [-0.39, 0.29) is 0 Å². The Balaban J connectivity index is 2.04. The molecule has 6 heteroatoms. The summed E-state index contributed by atoms with van der Waals surface area (Å²) in [4.78, 5) is 4.33.